The molecule has 0 spiro atoms. The average Bonchev–Trinajstić information content (AvgIpc) is 2.46. The number of nitrogens with one attached hydrogen (secondary N) is 1. The molecule has 0 heterocycles. The molecule has 1 rings (SSSR count). The van der Waals surface area contributed by atoms with E-state index in [1.54, 1.807) is 0 Å². The fourth-order valence-corrected chi connectivity index (χ4v) is 2.27. The van der Waals surface area contributed by atoms with E-state index in [9.17, 15) is 0 Å². The first-order chi connectivity index (χ1) is 9.80. The van der Waals surface area contributed by atoms with E-state index < -0.39 is 0 Å². The van der Waals surface area contributed by atoms with E-state index in [0.717, 1.165) is 24.7 Å². The fourth-order valence-electron chi connectivity index (χ4n) is 2.27. The van der Waals surface area contributed by atoms with Gasteiger partial charge in [0.1, 0.15) is 18.1 Å². The van der Waals surface area contributed by atoms with Gasteiger partial charge in [0.2, 0.25) is 0 Å². The molecule has 0 atom stereocenters. The van der Waals surface area contributed by atoms with E-state index in [1.165, 1.54) is 25.7 Å². The van der Waals surface area contributed by atoms with E-state index in [0.29, 0.717) is 12.5 Å². The molecule has 0 amide bonds. The molecule has 3 heteroatoms. The molecule has 1 aromatic carbocycles. The number of benzene rings is 1. The summed E-state index contributed by atoms with van der Waals surface area (Å²) in [7, 11) is 1.92. The van der Waals surface area contributed by atoms with Crippen molar-refractivity contribution >= 4 is 0 Å². The number of hydrogen-bond acceptors (Lipinski definition) is 3. The third-order valence-electron chi connectivity index (χ3n) is 3.31. The highest BCUT2D eigenvalue weighted by Gasteiger charge is 2.08. The summed E-state index contributed by atoms with van der Waals surface area (Å²) in [6.45, 7) is 6.80. The van der Waals surface area contributed by atoms with Gasteiger partial charge in [-0.1, -0.05) is 32.8 Å². The Morgan fingerprint density at radius 1 is 1.05 bits per heavy atom. The van der Waals surface area contributed by atoms with Crippen molar-refractivity contribution in [2.75, 3.05) is 26.8 Å². The second-order valence-electron chi connectivity index (χ2n) is 5.18. The fraction of sp³-hybridized carbons (Fsp3) is 0.647. The standard InChI is InChI=1S/C17H29NO2/c1-4-7-15(8-5-2)14-20-17-10-6-9-16(13-17)19-12-11-18-3/h6,9-10,13,15,18H,4-5,7-8,11-12,14H2,1-3H3. The van der Waals surface area contributed by atoms with Crippen molar-refractivity contribution in [3.05, 3.63) is 24.3 Å². The molecule has 0 saturated carbocycles. The quantitative estimate of drug-likeness (QED) is 0.624. The van der Waals surface area contributed by atoms with Crippen LogP contribution in [0.2, 0.25) is 0 Å². The minimum absolute atomic E-state index is 0.666. The van der Waals surface area contributed by atoms with Crippen molar-refractivity contribution in [2.24, 2.45) is 5.92 Å². The van der Waals surface area contributed by atoms with E-state index in [1.807, 2.05) is 31.3 Å². The van der Waals surface area contributed by atoms with Crippen LogP contribution in [-0.4, -0.2) is 26.8 Å². The summed E-state index contributed by atoms with van der Waals surface area (Å²) in [6.07, 6.45) is 4.93. The van der Waals surface area contributed by atoms with Gasteiger partial charge >= 0.3 is 0 Å². The molecule has 0 aliphatic rings. The zero-order chi connectivity index (χ0) is 14.6. The Morgan fingerprint density at radius 2 is 1.70 bits per heavy atom. The Morgan fingerprint density at radius 3 is 2.30 bits per heavy atom. The molecule has 0 saturated heterocycles. The van der Waals surface area contributed by atoms with Crippen LogP contribution in [0.15, 0.2) is 24.3 Å². The number of ether oxygens (including phenoxy) is 2. The summed E-state index contributed by atoms with van der Waals surface area (Å²) >= 11 is 0. The van der Waals surface area contributed by atoms with Gasteiger partial charge in [-0.05, 0) is 37.9 Å². The summed E-state index contributed by atoms with van der Waals surface area (Å²) in [5.74, 6) is 2.45. The van der Waals surface area contributed by atoms with E-state index in [2.05, 4.69) is 19.2 Å². The highest BCUT2D eigenvalue weighted by molar-refractivity contribution is 5.32. The van der Waals surface area contributed by atoms with Crippen LogP contribution in [0.3, 0.4) is 0 Å². The first-order valence-electron chi connectivity index (χ1n) is 7.80. The molecule has 0 aromatic heterocycles. The Labute approximate surface area is 123 Å². The van der Waals surface area contributed by atoms with Crippen LogP contribution in [0.4, 0.5) is 0 Å². The van der Waals surface area contributed by atoms with Gasteiger partial charge in [-0.25, -0.2) is 0 Å². The second-order valence-corrected chi connectivity index (χ2v) is 5.18. The summed E-state index contributed by atoms with van der Waals surface area (Å²) < 4.78 is 11.6. The number of rotatable bonds is 11. The van der Waals surface area contributed by atoms with Crippen molar-refractivity contribution < 1.29 is 9.47 Å². The molecule has 20 heavy (non-hydrogen) atoms. The lowest BCUT2D eigenvalue weighted by Crippen LogP contribution is -2.16. The normalized spacial score (nSPS) is 10.8. The third kappa shape index (κ3) is 6.80. The number of hydrogen-bond donors (Lipinski definition) is 1. The van der Waals surface area contributed by atoms with Crippen molar-refractivity contribution in [3.8, 4) is 11.5 Å². The lowest BCUT2D eigenvalue weighted by atomic mass is 9.99. The van der Waals surface area contributed by atoms with Gasteiger partial charge in [0, 0.05) is 12.6 Å². The van der Waals surface area contributed by atoms with Crippen LogP contribution in [0.25, 0.3) is 0 Å². The molecule has 114 valence electrons. The zero-order valence-corrected chi connectivity index (χ0v) is 13.2. The van der Waals surface area contributed by atoms with E-state index in [-0.39, 0.29) is 0 Å². The molecule has 0 unspecified atom stereocenters. The molecule has 1 N–H and O–H groups in total. The third-order valence-corrected chi connectivity index (χ3v) is 3.31. The smallest absolute Gasteiger partial charge is 0.123 e. The summed E-state index contributed by atoms with van der Waals surface area (Å²) in [5.41, 5.74) is 0. The lowest BCUT2D eigenvalue weighted by Gasteiger charge is -2.16. The van der Waals surface area contributed by atoms with E-state index >= 15 is 0 Å². The Balaban J connectivity index is 2.43. The first-order valence-corrected chi connectivity index (χ1v) is 7.80. The zero-order valence-electron chi connectivity index (χ0n) is 13.2. The lowest BCUT2D eigenvalue weighted by molar-refractivity contribution is 0.228. The van der Waals surface area contributed by atoms with Crippen LogP contribution in [-0.2, 0) is 0 Å². The van der Waals surface area contributed by atoms with Gasteiger partial charge in [-0.3, -0.25) is 0 Å². The summed E-state index contributed by atoms with van der Waals surface area (Å²) in [5, 5.41) is 3.06. The average molecular weight is 279 g/mol. The highest BCUT2D eigenvalue weighted by atomic mass is 16.5. The van der Waals surface area contributed by atoms with Crippen LogP contribution in [0.1, 0.15) is 39.5 Å². The largest absolute Gasteiger partial charge is 0.493 e. The minimum Gasteiger partial charge on any atom is -0.493 e. The minimum atomic E-state index is 0.666. The maximum Gasteiger partial charge on any atom is 0.123 e. The summed E-state index contributed by atoms with van der Waals surface area (Å²) in [4.78, 5) is 0. The molecule has 1 aromatic rings. The number of likely N-dealkylation sites (N-methyl/N-ethyl adjacent to an activating group) is 1. The Kier molecular flexibility index (Phi) is 8.88. The second kappa shape index (κ2) is 10.6. The maximum absolute atomic E-state index is 5.92. The van der Waals surface area contributed by atoms with Crippen LogP contribution >= 0.6 is 0 Å². The predicted molar refractivity (Wildman–Crippen MR) is 84.7 cm³/mol. The molecule has 0 aliphatic heterocycles. The van der Waals surface area contributed by atoms with Crippen molar-refractivity contribution in [2.45, 2.75) is 39.5 Å². The predicted octanol–water partition coefficient (Wildman–Crippen LogP) is 3.88. The van der Waals surface area contributed by atoms with Crippen LogP contribution < -0.4 is 14.8 Å². The highest BCUT2D eigenvalue weighted by Crippen LogP contribution is 2.21. The molecular weight excluding hydrogens is 250 g/mol. The monoisotopic (exact) mass is 279 g/mol. The molecule has 0 radical (unpaired) electrons. The first kappa shape index (κ1) is 16.8. The van der Waals surface area contributed by atoms with Crippen molar-refractivity contribution in [3.63, 3.8) is 0 Å². The van der Waals surface area contributed by atoms with Gasteiger partial charge in [0.15, 0.2) is 0 Å². The van der Waals surface area contributed by atoms with E-state index in [4.69, 9.17) is 9.47 Å². The molecular formula is C17H29NO2. The molecule has 3 nitrogen and oxygen atoms in total. The van der Waals surface area contributed by atoms with Crippen LogP contribution in [0, 0.1) is 5.92 Å². The molecule has 0 aliphatic carbocycles. The Bertz CT molecular complexity index is 349. The van der Waals surface area contributed by atoms with Gasteiger partial charge < -0.3 is 14.8 Å². The van der Waals surface area contributed by atoms with Crippen molar-refractivity contribution in [1.29, 1.82) is 0 Å². The van der Waals surface area contributed by atoms with Gasteiger partial charge in [-0.2, -0.15) is 0 Å². The van der Waals surface area contributed by atoms with Gasteiger partial charge in [0.25, 0.3) is 0 Å². The maximum atomic E-state index is 5.92. The SMILES string of the molecule is CCCC(CCC)COc1cccc(OCCNC)c1. The topological polar surface area (TPSA) is 30.5 Å². The van der Waals surface area contributed by atoms with Gasteiger partial charge in [0.05, 0.1) is 6.61 Å². The molecule has 0 fully saturated rings. The molecule has 0 bridgehead atoms. The van der Waals surface area contributed by atoms with Crippen molar-refractivity contribution in [1.82, 2.24) is 5.32 Å². The van der Waals surface area contributed by atoms with Crippen LogP contribution in [0.5, 0.6) is 11.5 Å². The van der Waals surface area contributed by atoms with Gasteiger partial charge in [-0.15, -0.1) is 0 Å². The summed E-state index contributed by atoms with van der Waals surface area (Å²) in [6, 6.07) is 7.93. The Hall–Kier alpha value is -1.22.